The molecule has 0 bridgehead atoms. The number of pyridine rings is 1. The van der Waals surface area contributed by atoms with Crippen LogP contribution in [0.3, 0.4) is 0 Å². The topological polar surface area (TPSA) is 115 Å². The van der Waals surface area contributed by atoms with Crippen molar-refractivity contribution in [2.45, 2.75) is 20.3 Å². The molecule has 0 unspecified atom stereocenters. The number of amides is 1. The molecule has 5 aromatic rings. The van der Waals surface area contributed by atoms with Gasteiger partial charge in [-0.25, -0.2) is 19.1 Å². The number of benzene rings is 3. The molecule has 0 fully saturated rings. The molecule has 5 rings (SSSR count). The highest BCUT2D eigenvalue weighted by Gasteiger charge is 2.26. The van der Waals surface area contributed by atoms with Crippen LogP contribution in [0.25, 0.3) is 27.8 Å². The zero-order valence-corrected chi connectivity index (χ0v) is 22.0. The average Bonchev–Trinajstić information content (AvgIpc) is 2.96. The third-order valence-electron chi connectivity index (χ3n) is 6.29. The van der Waals surface area contributed by atoms with E-state index in [-0.39, 0.29) is 36.0 Å². The molecule has 0 saturated heterocycles. The van der Waals surface area contributed by atoms with E-state index in [1.54, 1.807) is 26.0 Å². The molecule has 0 spiro atoms. The molecule has 0 radical (unpaired) electrons. The second-order valence-corrected chi connectivity index (χ2v) is 8.98. The number of nitrogens with zero attached hydrogens (tertiary/aromatic N) is 3. The first-order valence-electron chi connectivity index (χ1n) is 12.8. The Morgan fingerprint density at radius 1 is 0.875 bits per heavy atom. The molecule has 1 amide bonds. The number of para-hydroxylation sites is 1. The van der Waals surface area contributed by atoms with Crippen LogP contribution in [0.2, 0.25) is 0 Å². The maximum absolute atomic E-state index is 13.4. The van der Waals surface area contributed by atoms with Crippen LogP contribution in [0.4, 0.5) is 5.82 Å². The Bertz CT molecular complexity index is 1740. The minimum absolute atomic E-state index is 0.0606. The predicted octanol–water partition coefficient (Wildman–Crippen LogP) is 4.62. The van der Waals surface area contributed by atoms with Crippen LogP contribution < -0.4 is 16.5 Å². The largest absolute Gasteiger partial charge is 0.462 e. The number of aromatic nitrogens is 3. The molecule has 9 nitrogen and oxygen atoms in total. The number of hydrazine groups is 1. The number of carbonyl (C=O) groups is 2. The summed E-state index contributed by atoms with van der Waals surface area (Å²) in [5, 5.41) is 0.378. The minimum Gasteiger partial charge on any atom is -0.462 e. The van der Waals surface area contributed by atoms with Gasteiger partial charge in [-0.2, -0.15) is 4.98 Å². The van der Waals surface area contributed by atoms with Crippen LogP contribution >= 0.6 is 0 Å². The Kier molecular flexibility index (Phi) is 7.63. The first-order valence-corrected chi connectivity index (χ1v) is 12.8. The summed E-state index contributed by atoms with van der Waals surface area (Å²) in [6, 6.07) is 27.5. The van der Waals surface area contributed by atoms with Crippen LogP contribution in [-0.2, 0) is 16.0 Å². The molecule has 0 aliphatic carbocycles. The number of carbonyl (C=O) groups excluding carboxylic acids is 2. The van der Waals surface area contributed by atoms with E-state index in [2.05, 4.69) is 15.8 Å². The number of esters is 1. The SMILES string of the molecule is CCOC(=O)c1c(C)nc2c(c(NNC(=O)Cc3ccccc3)nc(=O)n2-c2ccccc2)c1-c1ccccc1. The molecule has 40 heavy (non-hydrogen) atoms. The van der Waals surface area contributed by atoms with Gasteiger partial charge in [0, 0.05) is 5.56 Å². The van der Waals surface area contributed by atoms with Crippen molar-refractivity contribution in [3.63, 3.8) is 0 Å². The van der Waals surface area contributed by atoms with Crippen LogP contribution in [0.5, 0.6) is 0 Å². The second-order valence-electron chi connectivity index (χ2n) is 8.98. The van der Waals surface area contributed by atoms with Crippen molar-refractivity contribution >= 4 is 28.7 Å². The molecular weight excluding hydrogens is 506 g/mol. The monoisotopic (exact) mass is 533 g/mol. The summed E-state index contributed by atoms with van der Waals surface area (Å²) in [6.45, 7) is 3.60. The van der Waals surface area contributed by atoms with E-state index >= 15 is 0 Å². The van der Waals surface area contributed by atoms with E-state index < -0.39 is 11.7 Å². The molecular formula is C31H27N5O4. The Hall–Kier alpha value is -5.31. The number of fused-ring (bicyclic) bond motifs is 1. The van der Waals surface area contributed by atoms with Crippen LogP contribution in [-0.4, -0.2) is 33.0 Å². The lowest BCUT2D eigenvalue weighted by molar-refractivity contribution is -0.119. The Morgan fingerprint density at radius 2 is 1.50 bits per heavy atom. The smallest absolute Gasteiger partial charge is 0.355 e. The van der Waals surface area contributed by atoms with Crippen molar-refractivity contribution in [2.75, 3.05) is 12.0 Å². The van der Waals surface area contributed by atoms with E-state index in [4.69, 9.17) is 9.72 Å². The molecule has 0 atom stereocenters. The van der Waals surface area contributed by atoms with Crippen molar-refractivity contribution in [1.82, 2.24) is 20.0 Å². The van der Waals surface area contributed by atoms with E-state index in [1.165, 1.54) is 4.57 Å². The van der Waals surface area contributed by atoms with E-state index in [9.17, 15) is 14.4 Å². The minimum atomic E-state index is -0.603. The van der Waals surface area contributed by atoms with Gasteiger partial charge < -0.3 is 4.74 Å². The third kappa shape index (κ3) is 5.30. The number of nitrogens with one attached hydrogen (secondary N) is 2. The van der Waals surface area contributed by atoms with Gasteiger partial charge in [-0.1, -0.05) is 78.9 Å². The van der Waals surface area contributed by atoms with Gasteiger partial charge >= 0.3 is 11.7 Å². The average molecular weight is 534 g/mol. The maximum Gasteiger partial charge on any atom is 0.355 e. The summed E-state index contributed by atoms with van der Waals surface area (Å²) >= 11 is 0. The van der Waals surface area contributed by atoms with Crippen molar-refractivity contribution < 1.29 is 14.3 Å². The maximum atomic E-state index is 13.4. The summed E-state index contributed by atoms with van der Waals surface area (Å²) in [5.41, 5.74) is 8.36. The molecule has 2 aromatic heterocycles. The highest BCUT2D eigenvalue weighted by Crippen LogP contribution is 2.36. The number of hydrogen-bond acceptors (Lipinski definition) is 7. The number of anilines is 1. The molecule has 0 aliphatic rings. The van der Waals surface area contributed by atoms with Gasteiger partial charge in [0.05, 0.1) is 35.4 Å². The third-order valence-corrected chi connectivity index (χ3v) is 6.29. The lowest BCUT2D eigenvalue weighted by atomic mass is 9.95. The normalized spacial score (nSPS) is 10.8. The summed E-state index contributed by atoms with van der Waals surface area (Å²) < 4.78 is 6.79. The Morgan fingerprint density at radius 3 is 2.15 bits per heavy atom. The van der Waals surface area contributed by atoms with Gasteiger partial charge in [-0.15, -0.1) is 0 Å². The zero-order chi connectivity index (χ0) is 28.1. The Labute approximate surface area is 230 Å². The fraction of sp³-hybridized carbons (Fsp3) is 0.129. The summed E-state index contributed by atoms with van der Waals surface area (Å²) in [7, 11) is 0. The van der Waals surface area contributed by atoms with Gasteiger partial charge in [-0.05, 0) is 37.1 Å². The molecule has 2 N–H and O–H groups in total. The first kappa shape index (κ1) is 26.3. The van der Waals surface area contributed by atoms with Crippen molar-refractivity contribution in [3.8, 4) is 16.8 Å². The molecule has 200 valence electrons. The number of hydrogen-bond donors (Lipinski definition) is 2. The fourth-order valence-electron chi connectivity index (χ4n) is 4.57. The van der Waals surface area contributed by atoms with E-state index in [0.29, 0.717) is 27.9 Å². The predicted molar refractivity (Wildman–Crippen MR) is 153 cm³/mol. The van der Waals surface area contributed by atoms with Crippen LogP contribution in [0, 0.1) is 6.92 Å². The number of rotatable bonds is 8. The standard InChI is InChI=1S/C31H27N5O4/c1-3-40-30(38)25-20(2)32-29-27(26(25)22-15-9-5-10-16-22)28(33-31(39)36(29)23-17-11-6-12-18-23)35-34-24(37)19-21-13-7-4-8-14-21/h4-18H,3,19H2,1-2H3,(H,34,37)(H,33,35,39). The molecule has 0 aliphatic heterocycles. The lowest BCUT2D eigenvalue weighted by Gasteiger charge is -2.20. The number of ether oxygens (including phenoxy) is 1. The van der Waals surface area contributed by atoms with Gasteiger partial charge in [0.1, 0.15) is 0 Å². The highest BCUT2D eigenvalue weighted by molar-refractivity contribution is 6.10. The van der Waals surface area contributed by atoms with Gasteiger partial charge in [0.25, 0.3) is 0 Å². The van der Waals surface area contributed by atoms with Crippen LogP contribution in [0.15, 0.2) is 95.8 Å². The molecule has 0 saturated carbocycles. The quantitative estimate of drug-likeness (QED) is 0.221. The molecule has 9 heteroatoms. The van der Waals surface area contributed by atoms with Gasteiger partial charge in [-0.3, -0.25) is 15.6 Å². The lowest BCUT2D eigenvalue weighted by Crippen LogP contribution is -2.33. The Balaban J connectivity index is 1.76. The zero-order valence-electron chi connectivity index (χ0n) is 22.0. The summed E-state index contributed by atoms with van der Waals surface area (Å²) in [4.78, 5) is 48.5. The van der Waals surface area contributed by atoms with Crippen LogP contribution in [0.1, 0.15) is 28.5 Å². The van der Waals surface area contributed by atoms with E-state index in [0.717, 1.165) is 5.56 Å². The van der Waals surface area contributed by atoms with Gasteiger partial charge in [0.15, 0.2) is 11.5 Å². The molecule has 3 aromatic carbocycles. The first-order chi connectivity index (χ1) is 19.5. The van der Waals surface area contributed by atoms with E-state index in [1.807, 2.05) is 78.9 Å². The fourth-order valence-corrected chi connectivity index (χ4v) is 4.57. The molecule has 2 heterocycles. The summed E-state index contributed by atoms with van der Waals surface area (Å²) in [6.07, 6.45) is 0.115. The summed E-state index contributed by atoms with van der Waals surface area (Å²) in [5.74, 6) is -0.824. The van der Waals surface area contributed by atoms with Crippen molar-refractivity contribution in [2.24, 2.45) is 0 Å². The van der Waals surface area contributed by atoms with Crippen molar-refractivity contribution in [1.29, 1.82) is 0 Å². The van der Waals surface area contributed by atoms with Crippen molar-refractivity contribution in [3.05, 3.63) is 118 Å². The number of aryl methyl sites for hydroxylation is 1. The highest BCUT2D eigenvalue weighted by atomic mass is 16.5. The van der Waals surface area contributed by atoms with Gasteiger partial charge in [0.2, 0.25) is 5.91 Å². The second kappa shape index (κ2) is 11.6.